The van der Waals surface area contributed by atoms with Crippen LogP contribution in [0.1, 0.15) is 17.5 Å². The molecule has 11 heteroatoms. The average molecular weight is 478 g/mol. The van der Waals surface area contributed by atoms with Crippen LogP contribution < -0.4 is 10.0 Å². The summed E-state index contributed by atoms with van der Waals surface area (Å²) in [6.45, 7) is 0.766. The first-order chi connectivity index (χ1) is 15.4. The zero-order valence-corrected chi connectivity index (χ0v) is 19.1. The van der Waals surface area contributed by atoms with Crippen molar-refractivity contribution in [2.75, 3.05) is 12.0 Å². The lowest BCUT2D eigenvalue weighted by Crippen LogP contribution is -2.46. The van der Waals surface area contributed by atoms with Crippen LogP contribution in [0.15, 0.2) is 66.1 Å². The van der Waals surface area contributed by atoms with Crippen molar-refractivity contribution in [1.29, 1.82) is 0 Å². The summed E-state index contributed by atoms with van der Waals surface area (Å²) in [6.07, 6.45) is 5.21. The Hall–Kier alpha value is -2.76. The quantitative estimate of drug-likeness (QED) is 0.439. The summed E-state index contributed by atoms with van der Waals surface area (Å²) in [7, 11) is -4.20. The van der Waals surface area contributed by atoms with Gasteiger partial charge in [-0.05, 0) is 41.7 Å². The molecule has 3 aromatic rings. The number of nitrogens with zero attached hydrogens (tertiary/aromatic N) is 3. The molecule has 0 spiro atoms. The van der Waals surface area contributed by atoms with Gasteiger partial charge in [-0.1, -0.05) is 36.4 Å². The Balaban J connectivity index is 1.67. The third-order valence-corrected chi connectivity index (χ3v) is 6.77. The minimum atomic E-state index is -4.20. The van der Waals surface area contributed by atoms with Gasteiger partial charge in [0.2, 0.25) is 15.9 Å². The number of nitrogens with one attached hydrogen (secondary N) is 2. The molecule has 1 atom stereocenters. The van der Waals surface area contributed by atoms with Gasteiger partial charge < -0.3 is 5.32 Å². The van der Waals surface area contributed by atoms with Crippen LogP contribution in [0, 0.1) is 5.82 Å². The molecule has 3 rings (SSSR count). The lowest BCUT2D eigenvalue weighted by molar-refractivity contribution is -0.122. The van der Waals surface area contributed by atoms with Gasteiger partial charge in [0, 0.05) is 6.54 Å². The zero-order valence-electron chi connectivity index (χ0n) is 17.4. The molecule has 170 valence electrons. The highest BCUT2D eigenvalue weighted by Gasteiger charge is 2.27. The molecule has 0 aliphatic carbocycles. The molecule has 0 fully saturated rings. The summed E-state index contributed by atoms with van der Waals surface area (Å²) in [5.41, 5.74) is 1.85. The first-order valence-corrected chi connectivity index (χ1v) is 12.7. The molecular formula is C21H24FN5O3S2. The Bertz CT molecular complexity index is 1140. The molecule has 8 nitrogen and oxygen atoms in total. The third-order valence-electron chi connectivity index (χ3n) is 4.62. The Labute approximate surface area is 190 Å². The van der Waals surface area contributed by atoms with Crippen LogP contribution in [-0.4, -0.2) is 47.1 Å². The van der Waals surface area contributed by atoms with E-state index in [1.54, 1.807) is 11.0 Å². The molecule has 0 saturated heterocycles. The Morgan fingerprint density at radius 1 is 1.19 bits per heavy atom. The molecule has 1 heterocycles. The second-order valence-corrected chi connectivity index (χ2v) is 9.68. The standard InChI is InChI=1S/C21H24FN5O3S2/c1-31-10-9-19(26-32(29,30)20-8-3-2-7-18(20)22)21(28)24-12-16-5-4-6-17(11-16)13-27-15-23-14-25-27/h2-8,11,14-15,19,26H,9-10,12-13H2,1H3,(H,24,28). The predicted octanol–water partition coefficient (Wildman–Crippen LogP) is 2.18. The van der Waals surface area contributed by atoms with Crippen LogP contribution in [0.5, 0.6) is 0 Å². The highest BCUT2D eigenvalue weighted by atomic mass is 32.2. The molecular weight excluding hydrogens is 453 g/mol. The topological polar surface area (TPSA) is 106 Å². The Morgan fingerprint density at radius 2 is 1.97 bits per heavy atom. The number of halogens is 1. The van der Waals surface area contributed by atoms with E-state index in [4.69, 9.17) is 0 Å². The maximum Gasteiger partial charge on any atom is 0.244 e. The van der Waals surface area contributed by atoms with Gasteiger partial charge in [0.1, 0.15) is 29.4 Å². The summed E-state index contributed by atoms with van der Waals surface area (Å²) in [6, 6.07) is 11.7. The van der Waals surface area contributed by atoms with E-state index in [0.717, 1.165) is 17.2 Å². The normalized spacial score (nSPS) is 12.4. The number of thioether (sulfide) groups is 1. The van der Waals surface area contributed by atoms with Crippen LogP contribution in [0.3, 0.4) is 0 Å². The van der Waals surface area contributed by atoms with Crippen LogP contribution in [0.2, 0.25) is 0 Å². The number of carbonyl (C=O) groups excluding carboxylic acids is 1. The van der Waals surface area contributed by atoms with Crippen LogP contribution in [0.25, 0.3) is 0 Å². The van der Waals surface area contributed by atoms with Gasteiger partial charge in [-0.15, -0.1) is 0 Å². The molecule has 1 unspecified atom stereocenters. The Kier molecular flexibility index (Phi) is 8.37. The van der Waals surface area contributed by atoms with Crippen molar-refractivity contribution >= 4 is 27.7 Å². The highest BCUT2D eigenvalue weighted by Crippen LogP contribution is 2.15. The minimum Gasteiger partial charge on any atom is -0.351 e. The molecule has 0 bridgehead atoms. The molecule has 2 aromatic carbocycles. The molecule has 0 aliphatic rings. The molecule has 0 aliphatic heterocycles. The number of benzene rings is 2. The fourth-order valence-electron chi connectivity index (χ4n) is 3.04. The number of amides is 1. The van der Waals surface area contributed by atoms with E-state index in [1.165, 1.54) is 36.3 Å². The van der Waals surface area contributed by atoms with Gasteiger partial charge in [-0.2, -0.15) is 21.6 Å². The van der Waals surface area contributed by atoms with Gasteiger partial charge in [0.15, 0.2) is 0 Å². The van der Waals surface area contributed by atoms with E-state index in [1.807, 2.05) is 30.5 Å². The van der Waals surface area contributed by atoms with E-state index in [2.05, 4.69) is 20.1 Å². The number of rotatable bonds is 11. The number of aromatic nitrogens is 3. The van der Waals surface area contributed by atoms with Gasteiger partial charge in [-0.3, -0.25) is 4.79 Å². The van der Waals surface area contributed by atoms with Gasteiger partial charge in [0.25, 0.3) is 0 Å². The molecule has 1 amide bonds. The van der Waals surface area contributed by atoms with E-state index in [-0.39, 0.29) is 13.0 Å². The molecule has 0 radical (unpaired) electrons. The number of carbonyl (C=O) groups is 1. The largest absolute Gasteiger partial charge is 0.351 e. The minimum absolute atomic E-state index is 0.223. The van der Waals surface area contributed by atoms with Crippen molar-refractivity contribution in [3.63, 3.8) is 0 Å². The summed E-state index contributed by atoms with van der Waals surface area (Å²) >= 11 is 1.49. The fraction of sp³-hybridized carbons (Fsp3) is 0.286. The van der Waals surface area contributed by atoms with Crippen molar-refractivity contribution in [3.8, 4) is 0 Å². The first-order valence-electron chi connectivity index (χ1n) is 9.83. The lowest BCUT2D eigenvalue weighted by atomic mass is 10.1. The van der Waals surface area contributed by atoms with E-state index >= 15 is 0 Å². The van der Waals surface area contributed by atoms with Crippen molar-refractivity contribution in [1.82, 2.24) is 24.8 Å². The SMILES string of the molecule is CSCCC(NS(=O)(=O)c1ccccc1F)C(=O)NCc1cccc(Cn2cncn2)c1. The van der Waals surface area contributed by atoms with Crippen molar-refractivity contribution < 1.29 is 17.6 Å². The smallest absolute Gasteiger partial charge is 0.244 e. The maximum absolute atomic E-state index is 14.0. The highest BCUT2D eigenvalue weighted by molar-refractivity contribution is 7.98. The second-order valence-electron chi connectivity index (χ2n) is 7.02. The van der Waals surface area contributed by atoms with Gasteiger partial charge >= 0.3 is 0 Å². The van der Waals surface area contributed by atoms with Crippen molar-refractivity contribution in [3.05, 3.63) is 78.1 Å². The van der Waals surface area contributed by atoms with Gasteiger partial charge in [-0.25, -0.2) is 22.5 Å². The molecule has 1 aromatic heterocycles. The average Bonchev–Trinajstić information content (AvgIpc) is 3.28. The monoisotopic (exact) mass is 477 g/mol. The summed E-state index contributed by atoms with van der Waals surface area (Å²) < 4.78 is 43.3. The van der Waals surface area contributed by atoms with E-state index in [9.17, 15) is 17.6 Å². The van der Waals surface area contributed by atoms with E-state index < -0.39 is 32.7 Å². The van der Waals surface area contributed by atoms with Crippen LogP contribution >= 0.6 is 11.8 Å². The number of hydrogen-bond donors (Lipinski definition) is 2. The Morgan fingerprint density at radius 3 is 2.69 bits per heavy atom. The van der Waals surface area contributed by atoms with Crippen molar-refractivity contribution in [2.24, 2.45) is 0 Å². The zero-order chi connectivity index (χ0) is 23.0. The van der Waals surface area contributed by atoms with Crippen molar-refractivity contribution in [2.45, 2.75) is 30.4 Å². The number of hydrogen-bond acceptors (Lipinski definition) is 6. The van der Waals surface area contributed by atoms with Crippen LogP contribution in [-0.2, 0) is 27.9 Å². The summed E-state index contributed by atoms with van der Waals surface area (Å²) in [5, 5.41) is 6.85. The van der Waals surface area contributed by atoms with Crippen LogP contribution in [0.4, 0.5) is 4.39 Å². The number of sulfonamides is 1. The predicted molar refractivity (Wildman–Crippen MR) is 121 cm³/mol. The lowest BCUT2D eigenvalue weighted by Gasteiger charge is -2.18. The van der Waals surface area contributed by atoms with Gasteiger partial charge in [0.05, 0.1) is 6.54 Å². The molecule has 32 heavy (non-hydrogen) atoms. The maximum atomic E-state index is 14.0. The second kappa shape index (κ2) is 11.2. The third kappa shape index (κ3) is 6.62. The summed E-state index contributed by atoms with van der Waals surface area (Å²) in [4.78, 5) is 16.2. The molecule has 2 N–H and O–H groups in total. The fourth-order valence-corrected chi connectivity index (χ4v) is 4.82. The van der Waals surface area contributed by atoms with E-state index in [0.29, 0.717) is 12.3 Å². The molecule has 0 saturated carbocycles. The first kappa shape index (κ1) is 23.9. The summed E-state index contributed by atoms with van der Waals surface area (Å²) in [5.74, 6) is -0.778.